The van der Waals surface area contributed by atoms with E-state index >= 15 is 0 Å². The Kier molecular flexibility index (Phi) is 5.27. The molecule has 14 heavy (non-hydrogen) atoms. The Morgan fingerprint density at radius 1 is 1.14 bits per heavy atom. The highest BCUT2D eigenvalue weighted by molar-refractivity contribution is 6.51. The minimum absolute atomic E-state index is 0.110. The van der Waals surface area contributed by atoms with E-state index < -0.39 is 0 Å². The molecule has 1 heterocycles. The van der Waals surface area contributed by atoms with Gasteiger partial charge in [0.15, 0.2) is 0 Å². The van der Waals surface area contributed by atoms with Crippen LogP contribution in [-0.2, 0) is 9.31 Å². The molecule has 80 valence electrons. The molecule has 0 amide bonds. The molecular weight excluding hydrogens is 175 g/mol. The summed E-state index contributed by atoms with van der Waals surface area (Å²) in [6.07, 6.45) is 7.61. The zero-order valence-corrected chi connectivity index (χ0v) is 9.53. The second-order valence-electron chi connectivity index (χ2n) is 3.97. The van der Waals surface area contributed by atoms with Gasteiger partial charge >= 0.3 is 7.12 Å². The molecule has 1 fully saturated rings. The van der Waals surface area contributed by atoms with Crippen LogP contribution in [0, 0.1) is 0 Å². The summed E-state index contributed by atoms with van der Waals surface area (Å²) in [7, 11) is -0.110. The summed E-state index contributed by atoms with van der Waals surface area (Å²) in [6, 6.07) is 0. The zero-order valence-electron chi connectivity index (χ0n) is 9.53. The van der Waals surface area contributed by atoms with Crippen molar-refractivity contribution in [3.8, 4) is 0 Å². The molecule has 0 aliphatic carbocycles. The SMILES string of the molecule is CCCCC/C=C\B1OC(C)C(C)O1. The van der Waals surface area contributed by atoms with Gasteiger partial charge in [0.1, 0.15) is 0 Å². The first-order valence-electron chi connectivity index (χ1n) is 5.71. The van der Waals surface area contributed by atoms with E-state index in [1.807, 2.05) is 5.98 Å². The molecule has 0 N–H and O–H groups in total. The Hall–Kier alpha value is -0.275. The molecule has 0 aromatic rings. The maximum Gasteiger partial charge on any atom is 0.486 e. The molecule has 0 bridgehead atoms. The van der Waals surface area contributed by atoms with Crippen LogP contribution in [0.4, 0.5) is 0 Å². The number of hydrogen-bond acceptors (Lipinski definition) is 2. The molecule has 3 heteroatoms. The Balaban J connectivity index is 2.12. The third-order valence-corrected chi connectivity index (χ3v) is 2.63. The first kappa shape index (κ1) is 11.8. The van der Waals surface area contributed by atoms with Gasteiger partial charge in [-0.1, -0.05) is 31.8 Å². The second kappa shape index (κ2) is 6.25. The van der Waals surface area contributed by atoms with Crippen molar-refractivity contribution in [1.82, 2.24) is 0 Å². The Morgan fingerprint density at radius 2 is 1.79 bits per heavy atom. The van der Waals surface area contributed by atoms with Crippen molar-refractivity contribution >= 4 is 7.12 Å². The molecule has 1 rings (SSSR count). The van der Waals surface area contributed by atoms with Gasteiger partial charge in [-0.3, -0.25) is 0 Å². The first-order valence-corrected chi connectivity index (χ1v) is 5.71. The lowest BCUT2D eigenvalue weighted by molar-refractivity contribution is 0.187. The molecule has 0 saturated carbocycles. The van der Waals surface area contributed by atoms with Crippen molar-refractivity contribution < 1.29 is 9.31 Å². The highest BCUT2D eigenvalue weighted by atomic mass is 16.6. The van der Waals surface area contributed by atoms with Crippen molar-refractivity contribution in [2.45, 2.75) is 58.7 Å². The van der Waals surface area contributed by atoms with Crippen LogP contribution in [0.15, 0.2) is 12.1 Å². The fourth-order valence-corrected chi connectivity index (χ4v) is 1.49. The molecule has 0 aromatic heterocycles. The van der Waals surface area contributed by atoms with E-state index in [0.717, 1.165) is 6.42 Å². The van der Waals surface area contributed by atoms with E-state index in [4.69, 9.17) is 9.31 Å². The highest BCUT2D eigenvalue weighted by Crippen LogP contribution is 2.16. The monoisotopic (exact) mass is 196 g/mol. The zero-order chi connectivity index (χ0) is 10.4. The van der Waals surface area contributed by atoms with E-state index in [1.165, 1.54) is 19.3 Å². The average molecular weight is 196 g/mol. The molecule has 1 saturated heterocycles. The molecule has 2 nitrogen and oxygen atoms in total. The summed E-state index contributed by atoms with van der Waals surface area (Å²) >= 11 is 0. The van der Waals surface area contributed by atoms with Gasteiger partial charge < -0.3 is 9.31 Å². The second-order valence-corrected chi connectivity index (χ2v) is 3.97. The average Bonchev–Trinajstić information content (AvgIpc) is 2.46. The van der Waals surface area contributed by atoms with Crippen molar-refractivity contribution in [2.75, 3.05) is 0 Å². The smallest absolute Gasteiger partial charge is 0.403 e. The van der Waals surface area contributed by atoms with E-state index in [1.54, 1.807) is 0 Å². The lowest BCUT2D eigenvalue weighted by Crippen LogP contribution is -2.13. The van der Waals surface area contributed by atoms with Gasteiger partial charge in [-0.2, -0.15) is 0 Å². The summed E-state index contributed by atoms with van der Waals surface area (Å²) in [5, 5.41) is 0. The third-order valence-electron chi connectivity index (χ3n) is 2.63. The fraction of sp³-hybridized carbons (Fsp3) is 0.818. The first-order chi connectivity index (χ1) is 6.74. The Labute approximate surface area is 87.8 Å². The predicted molar refractivity (Wildman–Crippen MR) is 60.1 cm³/mol. The van der Waals surface area contributed by atoms with E-state index in [0.29, 0.717) is 0 Å². The minimum Gasteiger partial charge on any atom is -0.403 e. The topological polar surface area (TPSA) is 18.5 Å². The van der Waals surface area contributed by atoms with E-state index in [9.17, 15) is 0 Å². The lowest BCUT2D eigenvalue weighted by atomic mass is 9.90. The fourth-order valence-electron chi connectivity index (χ4n) is 1.49. The van der Waals surface area contributed by atoms with Crippen LogP contribution in [0.3, 0.4) is 0 Å². The van der Waals surface area contributed by atoms with Crippen LogP contribution in [0.1, 0.15) is 46.5 Å². The Bertz CT molecular complexity index is 172. The van der Waals surface area contributed by atoms with Crippen LogP contribution in [0.2, 0.25) is 0 Å². The molecule has 0 spiro atoms. The molecule has 2 unspecified atom stereocenters. The van der Waals surface area contributed by atoms with Gasteiger partial charge in [0.2, 0.25) is 0 Å². The summed E-state index contributed by atoms with van der Waals surface area (Å²) in [5.74, 6) is 2.04. The normalized spacial score (nSPS) is 27.8. The largest absolute Gasteiger partial charge is 0.486 e. The van der Waals surface area contributed by atoms with Crippen LogP contribution in [-0.4, -0.2) is 19.3 Å². The number of allylic oxidation sites excluding steroid dienone is 1. The molecule has 1 aliphatic rings. The van der Waals surface area contributed by atoms with Crippen molar-refractivity contribution in [3.05, 3.63) is 12.1 Å². The molecule has 0 aromatic carbocycles. The van der Waals surface area contributed by atoms with Gasteiger partial charge in [-0.05, 0) is 26.7 Å². The molecular formula is C11H21BO2. The Morgan fingerprint density at radius 3 is 2.36 bits per heavy atom. The molecule has 2 atom stereocenters. The van der Waals surface area contributed by atoms with Crippen molar-refractivity contribution in [1.29, 1.82) is 0 Å². The van der Waals surface area contributed by atoms with Gasteiger partial charge in [0.05, 0.1) is 12.2 Å². The molecule has 1 aliphatic heterocycles. The standard InChI is InChI=1S/C11H21BO2/c1-4-5-6-7-8-9-12-13-10(2)11(3)14-12/h8-11H,4-7H2,1-3H3/b9-8-. The highest BCUT2D eigenvalue weighted by Gasteiger charge is 2.31. The molecule has 0 radical (unpaired) electrons. The lowest BCUT2D eigenvalue weighted by Gasteiger charge is -2.04. The van der Waals surface area contributed by atoms with Gasteiger partial charge in [-0.15, -0.1) is 0 Å². The maximum atomic E-state index is 5.57. The van der Waals surface area contributed by atoms with Crippen LogP contribution >= 0.6 is 0 Å². The van der Waals surface area contributed by atoms with Crippen molar-refractivity contribution in [2.24, 2.45) is 0 Å². The summed E-state index contributed by atoms with van der Waals surface area (Å²) in [6.45, 7) is 6.32. The van der Waals surface area contributed by atoms with Gasteiger partial charge in [0, 0.05) is 0 Å². The number of hydrogen-bond donors (Lipinski definition) is 0. The summed E-state index contributed by atoms with van der Waals surface area (Å²) in [5.41, 5.74) is 0. The number of unbranched alkanes of at least 4 members (excludes halogenated alkanes) is 3. The van der Waals surface area contributed by atoms with Crippen LogP contribution in [0.25, 0.3) is 0 Å². The maximum absolute atomic E-state index is 5.57. The number of rotatable bonds is 5. The summed E-state index contributed by atoms with van der Waals surface area (Å²) < 4.78 is 11.1. The van der Waals surface area contributed by atoms with Crippen LogP contribution < -0.4 is 0 Å². The predicted octanol–water partition coefficient (Wildman–Crippen LogP) is 2.97. The minimum atomic E-state index is -0.110. The van der Waals surface area contributed by atoms with E-state index in [2.05, 4.69) is 26.8 Å². The van der Waals surface area contributed by atoms with Gasteiger partial charge in [-0.25, -0.2) is 0 Å². The van der Waals surface area contributed by atoms with Crippen LogP contribution in [0.5, 0.6) is 0 Å². The quantitative estimate of drug-likeness (QED) is 0.497. The van der Waals surface area contributed by atoms with Gasteiger partial charge in [0.25, 0.3) is 0 Å². The van der Waals surface area contributed by atoms with Crippen molar-refractivity contribution in [3.63, 3.8) is 0 Å². The third kappa shape index (κ3) is 3.85. The van der Waals surface area contributed by atoms with E-state index in [-0.39, 0.29) is 19.3 Å². The summed E-state index contributed by atoms with van der Waals surface area (Å²) in [4.78, 5) is 0.